The maximum atomic E-state index is 13.5. The fourth-order valence-electron chi connectivity index (χ4n) is 3.61. The first-order valence-corrected chi connectivity index (χ1v) is 10.5. The number of fused-ring (bicyclic) bond motifs is 3. The number of Topliss-reactive ketones (excluding diaryl/α,β-unsaturated/α-hetero) is 1. The quantitative estimate of drug-likeness (QED) is 0.536. The van der Waals surface area contributed by atoms with Crippen LogP contribution < -0.4 is 10.2 Å². The van der Waals surface area contributed by atoms with Gasteiger partial charge in [0.25, 0.3) is 0 Å². The highest BCUT2D eigenvalue weighted by Gasteiger charge is 2.28. The molecular formula is C24H21BrO5. The Hall–Kier alpha value is -2.86. The monoisotopic (exact) mass is 468 g/mol. The number of benzene rings is 2. The van der Waals surface area contributed by atoms with Crippen molar-refractivity contribution < 1.29 is 19.1 Å². The van der Waals surface area contributed by atoms with E-state index in [2.05, 4.69) is 15.9 Å². The van der Waals surface area contributed by atoms with Crippen LogP contribution >= 0.6 is 15.9 Å². The zero-order valence-corrected chi connectivity index (χ0v) is 18.5. The Labute approximate surface area is 182 Å². The van der Waals surface area contributed by atoms with Gasteiger partial charge < -0.3 is 19.1 Å². The van der Waals surface area contributed by atoms with Crippen LogP contribution in [-0.2, 0) is 11.2 Å². The third-order valence-electron chi connectivity index (χ3n) is 5.11. The van der Waals surface area contributed by atoms with Gasteiger partial charge in [-0.25, -0.2) is 0 Å². The predicted molar refractivity (Wildman–Crippen MR) is 120 cm³/mol. The summed E-state index contributed by atoms with van der Waals surface area (Å²) in [6.45, 7) is 5.29. The second-order valence-corrected chi connectivity index (χ2v) is 8.83. The maximum Gasteiger partial charge on any atom is 0.200 e. The summed E-state index contributed by atoms with van der Waals surface area (Å²) in [5.41, 5.74) is 1.04. The molecule has 5 nitrogen and oxygen atoms in total. The smallest absolute Gasteiger partial charge is 0.200 e. The molecule has 0 spiro atoms. The zero-order valence-electron chi connectivity index (χ0n) is 16.9. The number of aromatic hydroxyl groups is 1. The van der Waals surface area contributed by atoms with Crippen LogP contribution in [-0.4, -0.2) is 16.5 Å². The molecule has 0 saturated carbocycles. The van der Waals surface area contributed by atoms with Crippen LogP contribution in [0.5, 0.6) is 11.5 Å². The van der Waals surface area contributed by atoms with Crippen molar-refractivity contribution >= 4 is 38.8 Å². The van der Waals surface area contributed by atoms with Gasteiger partial charge in [-0.1, -0.05) is 34.1 Å². The minimum Gasteiger partial charge on any atom is -0.507 e. The number of ketones is 1. The molecule has 1 aliphatic heterocycles. The van der Waals surface area contributed by atoms with Gasteiger partial charge in [-0.2, -0.15) is 0 Å². The van der Waals surface area contributed by atoms with Crippen molar-refractivity contribution in [3.8, 4) is 22.8 Å². The fourth-order valence-corrected chi connectivity index (χ4v) is 4.08. The Bertz CT molecular complexity index is 1270. The van der Waals surface area contributed by atoms with Crippen molar-refractivity contribution in [1.82, 2.24) is 0 Å². The summed E-state index contributed by atoms with van der Waals surface area (Å²) >= 11 is 3.52. The van der Waals surface area contributed by atoms with Crippen molar-refractivity contribution in [3.63, 3.8) is 0 Å². The van der Waals surface area contributed by atoms with Crippen LogP contribution in [0, 0.1) is 0 Å². The molecule has 0 radical (unpaired) electrons. The third kappa shape index (κ3) is 3.56. The van der Waals surface area contributed by atoms with Gasteiger partial charge in [0.05, 0.1) is 5.56 Å². The lowest BCUT2D eigenvalue weighted by atomic mass is 9.96. The summed E-state index contributed by atoms with van der Waals surface area (Å²) in [5.74, 6) is 0.602. The number of halogens is 1. The van der Waals surface area contributed by atoms with Gasteiger partial charge in [0, 0.05) is 28.1 Å². The highest BCUT2D eigenvalue weighted by Crippen LogP contribution is 2.42. The Balaban J connectivity index is 2.08. The van der Waals surface area contributed by atoms with Crippen LogP contribution in [0.4, 0.5) is 0 Å². The Morgan fingerprint density at radius 1 is 1.23 bits per heavy atom. The molecule has 1 aliphatic rings. The second kappa shape index (κ2) is 7.43. The van der Waals surface area contributed by atoms with E-state index < -0.39 is 5.60 Å². The van der Waals surface area contributed by atoms with Crippen molar-refractivity contribution in [2.75, 3.05) is 0 Å². The Kier molecular flexibility index (Phi) is 5.06. The van der Waals surface area contributed by atoms with E-state index in [1.165, 1.54) is 13.0 Å². The van der Waals surface area contributed by atoms with Gasteiger partial charge in [0.15, 0.2) is 11.0 Å². The van der Waals surface area contributed by atoms with Crippen LogP contribution in [0.2, 0.25) is 0 Å². The summed E-state index contributed by atoms with van der Waals surface area (Å²) < 4.78 is 13.0. The first-order chi connectivity index (χ1) is 14.2. The van der Waals surface area contributed by atoms with Crippen molar-refractivity contribution in [2.45, 2.75) is 39.2 Å². The molecule has 0 aliphatic carbocycles. The van der Waals surface area contributed by atoms with E-state index >= 15 is 0 Å². The molecule has 2 aromatic carbocycles. The standard InChI is InChI=1S/C24H21BrO5/c1-13(26)8-9-16-21(28)20-18(27)12-19-15(10-11-24(2,3)30-19)23(20)29-22(16)14-6-4-5-7-17(14)25/h4-7,10-12,27H,8-9H2,1-3H3. The summed E-state index contributed by atoms with van der Waals surface area (Å²) in [6.07, 6.45) is 4.16. The normalized spacial score (nSPS) is 14.4. The van der Waals surface area contributed by atoms with Gasteiger partial charge in [-0.15, -0.1) is 0 Å². The lowest BCUT2D eigenvalue weighted by Crippen LogP contribution is -2.27. The average molecular weight is 469 g/mol. The predicted octanol–water partition coefficient (Wildman–Crippen LogP) is 5.63. The van der Waals surface area contributed by atoms with E-state index in [0.29, 0.717) is 28.2 Å². The number of rotatable bonds is 4. The topological polar surface area (TPSA) is 76.7 Å². The molecule has 2 heterocycles. The third-order valence-corrected chi connectivity index (χ3v) is 5.80. The zero-order chi connectivity index (χ0) is 21.6. The van der Waals surface area contributed by atoms with Crippen LogP contribution in [0.25, 0.3) is 28.4 Å². The van der Waals surface area contributed by atoms with Gasteiger partial charge in [-0.3, -0.25) is 4.79 Å². The lowest BCUT2D eigenvalue weighted by Gasteiger charge is -2.28. The van der Waals surface area contributed by atoms with Gasteiger partial charge >= 0.3 is 0 Å². The second-order valence-electron chi connectivity index (χ2n) is 7.97. The van der Waals surface area contributed by atoms with E-state index in [0.717, 1.165) is 4.47 Å². The highest BCUT2D eigenvalue weighted by atomic mass is 79.9. The number of hydrogen-bond donors (Lipinski definition) is 1. The van der Waals surface area contributed by atoms with Crippen molar-refractivity contribution in [2.24, 2.45) is 0 Å². The maximum absolute atomic E-state index is 13.5. The van der Waals surface area contributed by atoms with Gasteiger partial charge in [0.2, 0.25) is 0 Å². The summed E-state index contributed by atoms with van der Waals surface area (Å²) in [4.78, 5) is 25.1. The van der Waals surface area contributed by atoms with E-state index in [4.69, 9.17) is 9.15 Å². The van der Waals surface area contributed by atoms with Gasteiger partial charge in [-0.05, 0) is 45.4 Å². The summed E-state index contributed by atoms with van der Waals surface area (Å²) in [6, 6.07) is 8.87. The Morgan fingerprint density at radius 3 is 2.67 bits per heavy atom. The molecule has 3 aromatic rings. The number of hydrogen-bond acceptors (Lipinski definition) is 5. The molecule has 6 heteroatoms. The molecule has 30 heavy (non-hydrogen) atoms. The minimum absolute atomic E-state index is 0.0270. The number of carbonyl (C=O) groups excluding carboxylic acids is 1. The van der Waals surface area contributed by atoms with Crippen molar-refractivity contribution in [1.29, 1.82) is 0 Å². The summed E-state index contributed by atoms with van der Waals surface area (Å²) in [7, 11) is 0. The van der Waals surface area contributed by atoms with E-state index in [9.17, 15) is 14.7 Å². The van der Waals surface area contributed by atoms with Crippen molar-refractivity contribution in [3.05, 3.63) is 62.2 Å². The molecule has 154 valence electrons. The molecule has 1 N–H and O–H groups in total. The average Bonchev–Trinajstić information content (AvgIpc) is 2.66. The fraction of sp³-hybridized carbons (Fsp3) is 0.250. The molecular weight excluding hydrogens is 448 g/mol. The van der Waals surface area contributed by atoms with Gasteiger partial charge in [0.1, 0.15) is 34.0 Å². The number of phenolic OH excluding ortho intramolecular Hbond substituents is 1. The van der Waals surface area contributed by atoms with Crippen LogP contribution in [0.15, 0.2) is 50.1 Å². The molecule has 0 bridgehead atoms. The largest absolute Gasteiger partial charge is 0.507 e. The van der Waals surface area contributed by atoms with E-state index in [1.54, 1.807) is 0 Å². The molecule has 4 rings (SSSR count). The first-order valence-electron chi connectivity index (χ1n) is 9.66. The number of phenols is 1. The minimum atomic E-state index is -0.542. The lowest BCUT2D eigenvalue weighted by molar-refractivity contribution is -0.116. The molecule has 0 amide bonds. The molecule has 0 atom stereocenters. The van der Waals surface area contributed by atoms with E-state index in [-0.39, 0.29) is 40.8 Å². The van der Waals surface area contributed by atoms with E-state index in [1.807, 2.05) is 50.3 Å². The molecule has 0 unspecified atom stereocenters. The first kappa shape index (κ1) is 20.4. The SMILES string of the molecule is CC(=O)CCc1c(-c2ccccc2Br)oc2c3c(cc(O)c2c1=O)OC(C)(C)C=C3. The number of carbonyl (C=O) groups is 1. The molecule has 0 saturated heterocycles. The molecule has 1 aromatic heterocycles. The van der Waals surface area contributed by atoms with Crippen LogP contribution in [0.1, 0.15) is 38.3 Å². The highest BCUT2D eigenvalue weighted by molar-refractivity contribution is 9.10. The summed E-state index contributed by atoms with van der Waals surface area (Å²) in [5, 5.41) is 10.7. The Morgan fingerprint density at radius 2 is 1.97 bits per heavy atom. The van der Waals surface area contributed by atoms with Crippen LogP contribution in [0.3, 0.4) is 0 Å². The molecule has 0 fully saturated rings. The number of ether oxygens (including phenoxy) is 1.